The van der Waals surface area contributed by atoms with Gasteiger partial charge in [0.15, 0.2) is 0 Å². The minimum absolute atomic E-state index is 0.672. The fraction of sp³-hybridized carbons (Fsp3) is 0.308. The van der Waals surface area contributed by atoms with Crippen LogP contribution in [-0.4, -0.2) is 16.1 Å². The Morgan fingerprint density at radius 3 is 2.94 bits per heavy atom. The first-order valence-corrected chi connectivity index (χ1v) is 5.69. The number of fused-ring (bicyclic) bond motifs is 1. The number of benzene rings is 1. The van der Waals surface area contributed by atoms with Gasteiger partial charge >= 0.3 is 0 Å². The van der Waals surface area contributed by atoms with Crippen molar-refractivity contribution in [3.05, 3.63) is 36.5 Å². The summed E-state index contributed by atoms with van der Waals surface area (Å²) in [7, 11) is 0. The molecule has 3 heteroatoms. The SMILES string of the molecule is CC1CNc2nc(-c3ccccc3)cn2C1. The number of anilines is 1. The number of hydrogen-bond donors (Lipinski definition) is 1. The normalized spacial score (nSPS) is 18.9. The van der Waals surface area contributed by atoms with Gasteiger partial charge in [-0.25, -0.2) is 4.98 Å². The van der Waals surface area contributed by atoms with Gasteiger partial charge in [-0.3, -0.25) is 0 Å². The van der Waals surface area contributed by atoms with E-state index in [4.69, 9.17) is 0 Å². The smallest absolute Gasteiger partial charge is 0.203 e. The Bertz CT molecular complexity index is 487. The number of nitrogens with one attached hydrogen (secondary N) is 1. The zero-order valence-electron chi connectivity index (χ0n) is 9.35. The highest BCUT2D eigenvalue weighted by Crippen LogP contribution is 2.23. The van der Waals surface area contributed by atoms with Crippen molar-refractivity contribution >= 4 is 5.95 Å². The molecule has 0 radical (unpaired) electrons. The number of nitrogens with zero attached hydrogens (tertiary/aromatic N) is 2. The molecule has 82 valence electrons. The molecular formula is C13H15N3. The van der Waals surface area contributed by atoms with Gasteiger partial charge < -0.3 is 9.88 Å². The summed E-state index contributed by atoms with van der Waals surface area (Å²) >= 11 is 0. The van der Waals surface area contributed by atoms with Gasteiger partial charge in [-0.1, -0.05) is 37.3 Å². The number of aromatic nitrogens is 2. The van der Waals surface area contributed by atoms with Crippen LogP contribution in [0.1, 0.15) is 6.92 Å². The van der Waals surface area contributed by atoms with Crippen LogP contribution in [0.3, 0.4) is 0 Å². The Balaban J connectivity index is 1.99. The molecule has 0 saturated heterocycles. The van der Waals surface area contributed by atoms with Crippen molar-refractivity contribution in [1.82, 2.24) is 9.55 Å². The van der Waals surface area contributed by atoms with Gasteiger partial charge in [0.2, 0.25) is 5.95 Å². The van der Waals surface area contributed by atoms with E-state index in [-0.39, 0.29) is 0 Å². The van der Waals surface area contributed by atoms with Crippen molar-refractivity contribution in [3.8, 4) is 11.3 Å². The van der Waals surface area contributed by atoms with Crippen LogP contribution in [0.25, 0.3) is 11.3 Å². The lowest BCUT2D eigenvalue weighted by Crippen LogP contribution is -2.24. The Labute approximate surface area is 95.1 Å². The molecule has 1 aliphatic heterocycles. The molecule has 0 bridgehead atoms. The molecule has 1 atom stereocenters. The Morgan fingerprint density at radius 1 is 1.31 bits per heavy atom. The van der Waals surface area contributed by atoms with Gasteiger partial charge in [-0.2, -0.15) is 0 Å². The number of imidazole rings is 1. The quantitative estimate of drug-likeness (QED) is 0.789. The summed E-state index contributed by atoms with van der Waals surface area (Å²) in [5.74, 6) is 1.67. The molecule has 0 spiro atoms. The van der Waals surface area contributed by atoms with Crippen LogP contribution < -0.4 is 5.32 Å². The highest BCUT2D eigenvalue weighted by molar-refractivity contribution is 5.60. The van der Waals surface area contributed by atoms with Crippen LogP contribution in [0.5, 0.6) is 0 Å². The number of rotatable bonds is 1. The van der Waals surface area contributed by atoms with E-state index in [1.54, 1.807) is 0 Å². The zero-order chi connectivity index (χ0) is 11.0. The molecule has 0 fully saturated rings. The molecule has 2 heterocycles. The summed E-state index contributed by atoms with van der Waals surface area (Å²) in [5, 5.41) is 3.35. The summed E-state index contributed by atoms with van der Waals surface area (Å²) in [6.45, 7) is 4.32. The minimum Gasteiger partial charge on any atom is -0.355 e. The summed E-state index contributed by atoms with van der Waals surface area (Å²) in [5.41, 5.74) is 2.23. The summed E-state index contributed by atoms with van der Waals surface area (Å²) in [6.07, 6.45) is 2.13. The monoisotopic (exact) mass is 213 g/mol. The van der Waals surface area contributed by atoms with E-state index in [0.717, 1.165) is 24.7 Å². The van der Waals surface area contributed by atoms with E-state index in [1.165, 1.54) is 5.56 Å². The first-order valence-electron chi connectivity index (χ1n) is 5.69. The molecule has 16 heavy (non-hydrogen) atoms. The lowest BCUT2D eigenvalue weighted by Gasteiger charge is -2.21. The molecule has 3 rings (SSSR count). The highest BCUT2D eigenvalue weighted by atomic mass is 15.2. The lowest BCUT2D eigenvalue weighted by molar-refractivity contribution is 0.477. The third-order valence-electron chi connectivity index (χ3n) is 2.96. The van der Waals surface area contributed by atoms with Crippen molar-refractivity contribution in [2.24, 2.45) is 5.92 Å². The van der Waals surface area contributed by atoms with Crippen molar-refractivity contribution < 1.29 is 0 Å². The zero-order valence-corrected chi connectivity index (χ0v) is 9.35. The number of hydrogen-bond acceptors (Lipinski definition) is 2. The predicted octanol–water partition coefficient (Wildman–Crippen LogP) is 2.61. The highest BCUT2D eigenvalue weighted by Gasteiger charge is 2.16. The molecule has 1 aromatic carbocycles. The molecule has 1 aromatic heterocycles. The minimum atomic E-state index is 0.672. The average molecular weight is 213 g/mol. The maximum absolute atomic E-state index is 4.61. The molecule has 2 aromatic rings. The van der Waals surface area contributed by atoms with Gasteiger partial charge in [0.25, 0.3) is 0 Å². The van der Waals surface area contributed by atoms with E-state index in [2.05, 4.69) is 40.1 Å². The largest absolute Gasteiger partial charge is 0.355 e. The summed E-state index contributed by atoms with van der Waals surface area (Å²) < 4.78 is 2.20. The van der Waals surface area contributed by atoms with Crippen molar-refractivity contribution in [1.29, 1.82) is 0 Å². The summed E-state index contributed by atoms with van der Waals surface area (Å²) in [6, 6.07) is 10.3. The van der Waals surface area contributed by atoms with Crippen molar-refractivity contribution in [3.63, 3.8) is 0 Å². The Morgan fingerprint density at radius 2 is 2.12 bits per heavy atom. The molecule has 0 aliphatic carbocycles. The molecular weight excluding hydrogens is 198 g/mol. The molecule has 3 nitrogen and oxygen atoms in total. The first-order chi connectivity index (χ1) is 7.83. The third kappa shape index (κ3) is 1.58. The maximum atomic E-state index is 4.61. The topological polar surface area (TPSA) is 29.9 Å². The standard InChI is InChI=1S/C13H15N3/c1-10-7-14-13-15-12(9-16(13)8-10)11-5-3-2-4-6-11/h2-6,9-10H,7-8H2,1H3,(H,14,15). The van der Waals surface area contributed by atoms with E-state index in [9.17, 15) is 0 Å². The van der Waals surface area contributed by atoms with Crippen LogP contribution >= 0.6 is 0 Å². The molecule has 0 saturated carbocycles. The molecule has 0 amide bonds. The van der Waals surface area contributed by atoms with E-state index < -0.39 is 0 Å². The van der Waals surface area contributed by atoms with Crippen LogP contribution in [-0.2, 0) is 6.54 Å². The molecule has 1 unspecified atom stereocenters. The van der Waals surface area contributed by atoms with Gasteiger partial charge in [-0.05, 0) is 5.92 Å². The second-order valence-corrected chi connectivity index (χ2v) is 4.45. The van der Waals surface area contributed by atoms with E-state index >= 15 is 0 Å². The van der Waals surface area contributed by atoms with Crippen molar-refractivity contribution in [2.45, 2.75) is 13.5 Å². The first kappa shape index (κ1) is 9.46. The van der Waals surface area contributed by atoms with E-state index in [0.29, 0.717) is 5.92 Å². The van der Waals surface area contributed by atoms with Crippen molar-refractivity contribution in [2.75, 3.05) is 11.9 Å². The van der Waals surface area contributed by atoms with Crippen LogP contribution in [0.2, 0.25) is 0 Å². The van der Waals surface area contributed by atoms with Gasteiger partial charge in [0.1, 0.15) is 0 Å². The van der Waals surface area contributed by atoms with Crippen LogP contribution in [0.4, 0.5) is 5.95 Å². The van der Waals surface area contributed by atoms with Crippen LogP contribution in [0.15, 0.2) is 36.5 Å². The van der Waals surface area contributed by atoms with Gasteiger partial charge in [0, 0.05) is 24.8 Å². The maximum Gasteiger partial charge on any atom is 0.203 e. The Hall–Kier alpha value is -1.77. The van der Waals surface area contributed by atoms with Gasteiger partial charge in [0.05, 0.1) is 5.69 Å². The van der Waals surface area contributed by atoms with Crippen LogP contribution in [0, 0.1) is 5.92 Å². The summed E-state index contributed by atoms with van der Waals surface area (Å²) in [4.78, 5) is 4.61. The second kappa shape index (κ2) is 3.67. The Kier molecular flexibility index (Phi) is 2.17. The fourth-order valence-corrected chi connectivity index (χ4v) is 2.11. The third-order valence-corrected chi connectivity index (χ3v) is 2.96. The average Bonchev–Trinajstić information content (AvgIpc) is 2.73. The van der Waals surface area contributed by atoms with Gasteiger partial charge in [-0.15, -0.1) is 0 Å². The molecule has 1 aliphatic rings. The fourth-order valence-electron chi connectivity index (χ4n) is 2.11. The lowest BCUT2D eigenvalue weighted by atomic mass is 10.1. The van der Waals surface area contributed by atoms with E-state index in [1.807, 2.05) is 18.2 Å². The second-order valence-electron chi connectivity index (χ2n) is 4.45. The molecule has 1 N–H and O–H groups in total. The predicted molar refractivity (Wildman–Crippen MR) is 65.3 cm³/mol.